The van der Waals surface area contributed by atoms with Gasteiger partial charge in [-0.05, 0) is 74.9 Å². The van der Waals surface area contributed by atoms with E-state index in [-0.39, 0.29) is 23.6 Å². The average molecular weight is 817 g/mol. The SMILES string of the molecule is CC1=C(C#N)C(=O)N(C(=O)OCc2ccccc2)C(=O)C1=Nc1cc2c(cc(-c3ccc(N(c4ccc(C)cc4)c4ccc(C)cc4)s3)c3nsnc32)c2nsnc12. The van der Waals surface area contributed by atoms with Crippen LogP contribution in [-0.4, -0.2) is 46.0 Å². The van der Waals surface area contributed by atoms with E-state index in [0.29, 0.717) is 37.9 Å². The molecule has 1 aliphatic heterocycles. The number of fused-ring (bicyclic) bond motifs is 5. The van der Waals surface area contributed by atoms with Crippen molar-refractivity contribution in [2.75, 3.05) is 4.90 Å². The zero-order valence-corrected chi connectivity index (χ0v) is 33.4. The van der Waals surface area contributed by atoms with Crippen molar-refractivity contribution >= 4 is 113 Å². The summed E-state index contributed by atoms with van der Waals surface area (Å²) in [5.41, 5.74) is 7.74. The van der Waals surface area contributed by atoms with Gasteiger partial charge in [0.25, 0.3) is 11.8 Å². The normalized spacial score (nSPS) is 13.9. The Morgan fingerprint density at radius 3 is 2.02 bits per heavy atom. The second kappa shape index (κ2) is 14.8. The molecule has 3 aromatic heterocycles. The predicted octanol–water partition coefficient (Wildman–Crippen LogP) is 10.3. The van der Waals surface area contributed by atoms with Crippen LogP contribution in [0.25, 0.3) is 43.3 Å². The van der Waals surface area contributed by atoms with E-state index in [1.807, 2.05) is 18.2 Å². The van der Waals surface area contributed by atoms with Crippen LogP contribution in [0.15, 0.2) is 119 Å². The van der Waals surface area contributed by atoms with Crippen molar-refractivity contribution in [3.63, 3.8) is 0 Å². The summed E-state index contributed by atoms with van der Waals surface area (Å²) in [5, 5.41) is 12.4. The number of anilines is 3. The van der Waals surface area contributed by atoms with E-state index in [1.165, 1.54) is 18.1 Å². The first-order valence-electron chi connectivity index (χ1n) is 17.9. The van der Waals surface area contributed by atoms with Crippen molar-refractivity contribution in [1.29, 1.82) is 5.26 Å². The first kappa shape index (κ1) is 36.6. The first-order valence-corrected chi connectivity index (χ1v) is 20.2. The molecule has 0 saturated carbocycles. The number of hydrogen-bond donors (Lipinski definition) is 0. The van der Waals surface area contributed by atoms with Crippen molar-refractivity contribution in [1.82, 2.24) is 22.4 Å². The number of ether oxygens (including phenoxy) is 1. The van der Waals surface area contributed by atoms with Crippen LogP contribution in [0.2, 0.25) is 0 Å². The number of rotatable bonds is 7. The van der Waals surface area contributed by atoms with Crippen LogP contribution in [0.3, 0.4) is 0 Å². The maximum absolute atomic E-state index is 13.9. The third kappa shape index (κ3) is 6.39. The number of nitriles is 1. The van der Waals surface area contributed by atoms with Crippen LogP contribution in [0.4, 0.5) is 26.9 Å². The van der Waals surface area contributed by atoms with Gasteiger partial charge in [-0.2, -0.15) is 27.7 Å². The number of aryl methyl sites for hydroxylation is 2. The highest BCUT2D eigenvalue weighted by Crippen LogP contribution is 2.46. The molecule has 0 radical (unpaired) electrons. The minimum Gasteiger partial charge on any atom is -0.444 e. The number of aliphatic imine (C=N–C) groups is 1. The highest BCUT2D eigenvalue weighted by atomic mass is 32.1. The molecule has 0 bridgehead atoms. The van der Waals surface area contributed by atoms with Crippen LogP contribution in [0.5, 0.6) is 0 Å². The minimum atomic E-state index is -1.22. The van der Waals surface area contributed by atoms with E-state index in [2.05, 4.69) is 93.2 Å². The van der Waals surface area contributed by atoms with Crippen LogP contribution < -0.4 is 4.90 Å². The van der Waals surface area contributed by atoms with Crippen molar-refractivity contribution in [2.24, 2.45) is 4.99 Å². The van der Waals surface area contributed by atoms with Gasteiger partial charge < -0.3 is 9.64 Å². The molecule has 0 fully saturated rings. The van der Waals surface area contributed by atoms with Gasteiger partial charge >= 0.3 is 6.09 Å². The number of imide groups is 3. The summed E-state index contributed by atoms with van der Waals surface area (Å²) in [7, 11) is 0. The van der Waals surface area contributed by atoms with Crippen LogP contribution in [-0.2, 0) is 20.9 Å². The Morgan fingerprint density at radius 2 is 1.36 bits per heavy atom. The predicted molar refractivity (Wildman–Crippen MR) is 227 cm³/mol. The van der Waals surface area contributed by atoms with Gasteiger partial charge in [0.2, 0.25) is 0 Å². The quantitative estimate of drug-likeness (QED) is 0.142. The molecule has 0 atom stereocenters. The molecule has 0 spiro atoms. The van der Waals surface area contributed by atoms with Gasteiger partial charge in [-0.3, -0.25) is 9.59 Å². The zero-order chi connectivity index (χ0) is 40.1. The Labute approximate surface area is 343 Å². The summed E-state index contributed by atoms with van der Waals surface area (Å²) >= 11 is 3.69. The van der Waals surface area contributed by atoms with Gasteiger partial charge in [-0.1, -0.05) is 65.7 Å². The second-order valence-electron chi connectivity index (χ2n) is 13.5. The van der Waals surface area contributed by atoms with Crippen LogP contribution in [0.1, 0.15) is 23.6 Å². The van der Waals surface area contributed by atoms with E-state index in [4.69, 9.17) is 13.5 Å². The lowest BCUT2D eigenvalue weighted by Gasteiger charge is -2.24. The molecule has 5 aromatic carbocycles. The second-order valence-corrected chi connectivity index (χ2v) is 15.7. The summed E-state index contributed by atoms with van der Waals surface area (Å²) < 4.78 is 24.0. The van der Waals surface area contributed by atoms with E-state index < -0.39 is 23.5 Å². The highest BCUT2D eigenvalue weighted by molar-refractivity contribution is 7.19. The smallest absolute Gasteiger partial charge is 0.424 e. The Kier molecular flexibility index (Phi) is 9.37. The fourth-order valence-corrected chi connectivity index (χ4v) is 8.99. The standard InChI is InChI=1S/C43H28N8O4S3/c1-23-9-13-27(14-10-23)50(28-15-11-24(2)12-16-28)35-18-17-34(56-35)31-19-29-30(37-39(31)48-57-46-37)20-33(40-38(29)47-58-49-40)45-36-25(3)32(21-44)41(52)51(42(36)53)43(54)55-22-26-7-5-4-6-8-26/h4-20H,22H2,1-3H3. The number of aromatic nitrogens is 4. The maximum atomic E-state index is 13.9. The molecule has 0 saturated heterocycles. The van der Waals surface area contributed by atoms with Gasteiger partial charge in [0, 0.05) is 38.2 Å². The molecule has 58 heavy (non-hydrogen) atoms. The number of amides is 3. The van der Waals surface area contributed by atoms with Gasteiger partial charge in [0.05, 0.1) is 29.1 Å². The Balaban J connectivity index is 1.14. The molecular weight excluding hydrogens is 789 g/mol. The Morgan fingerprint density at radius 1 is 0.759 bits per heavy atom. The molecule has 3 amide bonds. The minimum absolute atomic E-state index is 0.0238. The molecule has 0 N–H and O–H groups in total. The van der Waals surface area contributed by atoms with Gasteiger partial charge in [-0.15, -0.1) is 11.3 Å². The third-order valence-corrected chi connectivity index (χ3v) is 12.0. The third-order valence-electron chi connectivity index (χ3n) is 9.79. The largest absolute Gasteiger partial charge is 0.444 e. The molecule has 12 nitrogen and oxygen atoms in total. The topological polar surface area (TPSA) is 155 Å². The van der Waals surface area contributed by atoms with Crippen molar-refractivity contribution in [3.05, 3.63) is 131 Å². The number of benzene rings is 5. The summed E-state index contributed by atoms with van der Waals surface area (Å²) in [6, 6.07) is 35.5. The maximum Gasteiger partial charge on any atom is 0.424 e. The Bertz CT molecular complexity index is 3020. The number of carbonyl (C=O) groups excluding carboxylic acids is 3. The molecule has 4 heterocycles. The summed E-state index contributed by atoms with van der Waals surface area (Å²) in [5.74, 6) is -2.10. The molecule has 8 aromatic rings. The first-order chi connectivity index (χ1) is 28.2. The van der Waals surface area contributed by atoms with E-state index in [0.717, 1.165) is 55.7 Å². The molecular formula is C43H28N8O4S3. The number of carbonyl (C=O) groups is 3. The van der Waals surface area contributed by atoms with Gasteiger partial charge in [0.1, 0.15) is 51.0 Å². The molecule has 9 rings (SSSR count). The van der Waals surface area contributed by atoms with Gasteiger partial charge in [0.15, 0.2) is 0 Å². The number of nitrogens with zero attached hydrogens (tertiary/aromatic N) is 8. The van der Waals surface area contributed by atoms with Crippen molar-refractivity contribution in [2.45, 2.75) is 27.4 Å². The molecule has 1 aliphatic rings. The van der Waals surface area contributed by atoms with Crippen molar-refractivity contribution in [3.8, 4) is 16.5 Å². The lowest BCUT2D eigenvalue weighted by atomic mass is 9.98. The molecule has 15 heteroatoms. The molecule has 0 aliphatic carbocycles. The lowest BCUT2D eigenvalue weighted by Crippen LogP contribution is -2.50. The summed E-state index contributed by atoms with van der Waals surface area (Å²) in [4.78, 5) is 48.6. The fourth-order valence-electron chi connectivity index (χ4n) is 6.78. The van der Waals surface area contributed by atoms with Crippen LogP contribution >= 0.6 is 34.8 Å². The molecule has 0 unspecified atom stereocenters. The van der Waals surface area contributed by atoms with E-state index in [1.54, 1.807) is 41.7 Å². The summed E-state index contributed by atoms with van der Waals surface area (Å²) in [6.07, 6.45) is -1.22. The van der Waals surface area contributed by atoms with E-state index in [9.17, 15) is 19.6 Å². The average Bonchev–Trinajstić information content (AvgIpc) is 4.03. The Hall–Kier alpha value is -6.99. The number of hydrogen-bond acceptors (Lipinski definition) is 14. The molecule has 282 valence electrons. The highest BCUT2D eigenvalue weighted by Gasteiger charge is 2.42. The van der Waals surface area contributed by atoms with Crippen LogP contribution in [0, 0.1) is 25.2 Å². The zero-order valence-electron chi connectivity index (χ0n) is 31.0. The fraction of sp³-hybridized carbons (Fsp3) is 0.0930. The lowest BCUT2D eigenvalue weighted by molar-refractivity contribution is -0.136. The summed E-state index contributed by atoms with van der Waals surface area (Å²) in [6.45, 7) is 5.40. The van der Waals surface area contributed by atoms with Crippen molar-refractivity contribution < 1.29 is 19.1 Å². The van der Waals surface area contributed by atoms with E-state index >= 15 is 0 Å². The van der Waals surface area contributed by atoms with Gasteiger partial charge in [-0.25, -0.2) is 9.79 Å². The monoisotopic (exact) mass is 816 g/mol. The number of thiophene rings is 1.